The fourth-order valence-corrected chi connectivity index (χ4v) is 4.12. The number of hydrogen-bond donors (Lipinski definition) is 1. The SMILES string of the molecule is Cc1ccc(S(=O)(=O)N/N=C2/CCCc3sccc32)cc1. The van der Waals surface area contributed by atoms with Gasteiger partial charge < -0.3 is 0 Å². The maximum atomic E-state index is 12.2. The van der Waals surface area contributed by atoms with Crippen LogP contribution in [0.15, 0.2) is 45.7 Å². The predicted octanol–water partition coefficient (Wildman–Crippen LogP) is 3.08. The number of rotatable bonds is 3. The van der Waals surface area contributed by atoms with Crippen molar-refractivity contribution < 1.29 is 8.42 Å². The number of benzene rings is 1. The van der Waals surface area contributed by atoms with Crippen LogP contribution in [0.4, 0.5) is 0 Å². The summed E-state index contributed by atoms with van der Waals surface area (Å²) in [4.78, 5) is 3.88. The van der Waals surface area contributed by atoms with Gasteiger partial charge in [0.2, 0.25) is 0 Å². The Morgan fingerprint density at radius 2 is 1.90 bits per heavy atom. The van der Waals surface area contributed by atoms with Crippen LogP contribution in [0, 0.1) is 6.92 Å². The Kier molecular flexibility index (Phi) is 3.82. The molecule has 0 bridgehead atoms. The van der Waals surface area contributed by atoms with Gasteiger partial charge in [-0.15, -0.1) is 11.3 Å². The Balaban J connectivity index is 1.85. The molecule has 0 amide bonds. The fraction of sp³-hybridized carbons (Fsp3) is 0.267. The highest BCUT2D eigenvalue weighted by molar-refractivity contribution is 7.89. The van der Waals surface area contributed by atoms with Crippen molar-refractivity contribution >= 4 is 27.1 Å². The summed E-state index contributed by atoms with van der Waals surface area (Å²) in [6.07, 6.45) is 2.87. The van der Waals surface area contributed by atoms with E-state index in [0.717, 1.165) is 36.1 Å². The van der Waals surface area contributed by atoms with Crippen LogP contribution in [0.1, 0.15) is 28.8 Å². The predicted molar refractivity (Wildman–Crippen MR) is 85.3 cm³/mol. The Hall–Kier alpha value is -1.66. The van der Waals surface area contributed by atoms with Crippen LogP contribution in [0.3, 0.4) is 0 Å². The first-order valence-electron chi connectivity index (χ1n) is 6.78. The summed E-state index contributed by atoms with van der Waals surface area (Å²) < 4.78 is 24.4. The molecule has 0 radical (unpaired) electrons. The van der Waals surface area contributed by atoms with E-state index < -0.39 is 10.0 Å². The molecule has 1 aliphatic rings. The van der Waals surface area contributed by atoms with E-state index in [-0.39, 0.29) is 4.90 Å². The molecule has 110 valence electrons. The van der Waals surface area contributed by atoms with Crippen molar-refractivity contribution in [2.75, 3.05) is 0 Å². The molecule has 0 saturated carbocycles. The minimum Gasteiger partial charge on any atom is -0.200 e. The molecular formula is C15H16N2O2S2. The third-order valence-electron chi connectivity index (χ3n) is 3.51. The second kappa shape index (κ2) is 5.61. The van der Waals surface area contributed by atoms with Crippen molar-refractivity contribution in [3.8, 4) is 0 Å². The number of aryl methyl sites for hydroxylation is 2. The Morgan fingerprint density at radius 1 is 1.14 bits per heavy atom. The summed E-state index contributed by atoms with van der Waals surface area (Å²) in [5.41, 5.74) is 2.93. The molecule has 1 N–H and O–H groups in total. The Morgan fingerprint density at radius 3 is 2.67 bits per heavy atom. The van der Waals surface area contributed by atoms with Gasteiger partial charge in [-0.05, 0) is 49.8 Å². The van der Waals surface area contributed by atoms with E-state index in [4.69, 9.17) is 0 Å². The van der Waals surface area contributed by atoms with Gasteiger partial charge in [0.15, 0.2) is 0 Å². The van der Waals surface area contributed by atoms with Crippen LogP contribution in [0.5, 0.6) is 0 Å². The van der Waals surface area contributed by atoms with Crippen LogP contribution in [0.25, 0.3) is 0 Å². The van der Waals surface area contributed by atoms with Crippen molar-refractivity contribution in [3.05, 3.63) is 51.7 Å². The molecule has 0 atom stereocenters. The molecule has 1 aliphatic carbocycles. The largest absolute Gasteiger partial charge is 0.276 e. The lowest BCUT2D eigenvalue weighted by Gasteiger charge is -2.14. The van der Waals surface area contributed by atoms with Crippen LogP contribution in [-0.2, 0) is 16.4 Å². The van der Waals surface area contributed by atoms with Crippen LogP contribution in [-0.4, -0.2) is 14.1 Å². The molecule has 6 heteroatoms. The molecule has 1 aromatic carbocycles. The van der Waals surface area contributed by atoms with E-state index in [1.807, 2.05) is 18.4 Å². The van der Waals surface area contributed by atoms with Crippen LogP contribution in [0.2, 0.25) is 0 Å². The van der Waals surface area contributed by atoms with Crippen molar-refractivity contribution in [1.29, 1.82) is 0 Å². The van der Waals surface area contributed by atoms with E-state index in [1.165, 1.54) is 4.88 Å². The highest BCUT2D eigenvalue weighted by atomic mass is 32.2. The number of fused-ring (bicyclic) bond motifs is 1. The number of thiophene rings is 1. The van der Waals surface area contributed by atoms with Crippen LogP contribution < -0.4 is 4.83 Å². The number of nitrogens with zero attached hydrogens (tertiary/aromatic N) is 1. The van der Waals surface area contributed by atoms with Gasteiger partial charge in [-0.1, -0.05) is 17.7 Å². The van der Waals surface area contributed by atoms with E-state index in [1.54, 1.807) is 35.6 Å². The smallest absolute Gasteiger partial charge is 0.200 e. The lowest BCUT2D eigenvalue weighted by molar-refractivity contribution is 0.584. The lowest BCUT2D eigenvalue weighted by Crippen LogP contribution is -2.22. The summed E-state index contributed by atoms with van der Waals surface area (Å²) in [6.45, 7) is 1.92. The summed E-state index contributed by atoms with van der Waals surface area (Å²) in [5.74, 6) is 0. The molecule has 0 unspecified atom stereocenters. The molecule has 4 nitrogen and oxygen atoms in total. The molecule has 1 heterocycles. The van der Waals surface area contributed by atoms with Crippen molar-refractivity contribution in [3.63, 3.8) is 0 Å². The second-order valence-corrected chi connectivity index (χ2v) is 7.74. The third kappa shape index (κ3) is 3.01. The van der Waals surface area contributed by atoms with Crippen molar-refractivity contribution in [2.45, 2.75) is 31.1 Å². The lowest BCUT2D eigenvalue weighted by atomic mass is 9.97. The molecule has 0 spiro atoms. The van der Waals surface area contributed by atoms with Crippen molar-refractivity contribution in [1.82, 2.24) is 4.83 Å². The molecule has 21 heavy (non-hydrogen) atoms. The summed E-state index contributed by atoms with van der Waals surface area (Å²) in [5, 5.41) is 6.18. The third-order valence-corrected chi connectivity index (χ3v) is 5.71. The number of nitrogens with one attached hydrogen (secondary N) is 1. The van der Waals surface area contributed by atoms with Gasteiger partial charge in [-0.3, -0.25) is 0 Å². The maximum Gasteiger partial charge on any atom is 0.276 e. The van der Waals surface area contributed by atoms with E-state index in [0.29, 0.717) is 0 Å². The van der Waals surface area contributed by atoms with E-state index in [9.17, 15) is 8.42 Å². The maximum absolute atomic E-state index is 12.2. The fourth-order valence-electron chi connectivity index (χ4n) is 2.34. The van der Waals surface area contributed by atoms with Gasteiger partial charge in [0.25, 0.3) is 10.0 Å². The molecular weight excluding hydrogens is 304 g/mol. The van der Waals surface area contributed by atoms with Crippen LogP contribution >= 0.6 is 11.3 Å². The molecule has 1 aromatic heterocycles. The highest BCUT2D eigenvalue weighted by Crippen LogP contribution is 2.26. The number of hydrogen-bond acceptors (Lipinski definition) is 4. The first kappa shape index (κ1) is 14.3. The average Bonchev–Trinajstić information content (AvgIpc) is 2.94. The van der Waals surface area contributed by atoms with Gasteiger partial charge in [0, 0.05) is 10.4 Å². The van der Waals surface area contributed by atoms with Gasteiger partial charge >= 0.3 is 0 Å². The molecule has 3 rings (SSSR count). The summed E-state index contributed by atoms with van der Waals surface area (Å²) in [7, 11) is -3.60. The van der Waals surface area contributed by atoms with Gasteiger partial charge in [0.05, 0.1) is 10.6 Å². The molecule has 0 saturated heterocycles. The normalized spacial score (nSPS) is 16.7. The number of sulfonamides is 1. The average molecular weight is 320 g/mol. The van der Waals surface area contributed by atoms with Gasteiger partial charge in [-0.25, -0.2) is 0 Å². The molecule has 2 aromatic rings. The second-order valence-electron chi connectivity index (χ2n) is 5.08. The monoisotopic (exact) mass is 320 g/mol. The van der Waals surface area contributed by atoms with Crippen molar-refractivity contribution in [2.24, 2.45) is 5.10 Å². The Bertz CT molecular complexity index is 774. The zero-order chi connectivity index (χ0) is 14.9. The zero-order valence-electron chi connectivity index (χ0n) is 11.7. The van der Waals surface area contributed by atoms with Gasteiger partial charge in [-0.2, -0.15) is 18.4 Å². The van der Waals surface area contributed by atoms with Gasteiger partial charge in [0.1, 0.15) is 0 Å². The summed E-state index contributed by atoms with van der Waals surface area (Å²) >= 11 is 1.70. The minimum atomic E-state index is -3.60. The van der Waals surface area contributed by atoms with E-state index >= 15 is 0 Å². The Labute approximate surface area is 128 Å². The first-order valence-corrected chi connectivity index (χ1v) is 9.14. The number of hydrazone groups is 1. The molecule has 0 fully saturated rings. The van der Waals surface area contributed by atoms with E-state index in [2.05, 4.69) is 9.93 Å². The minimum absolute atomic E-state index is 0.235. The topological polar surface area (TPSA) is 58.5 Å². The summed E-state index contributed by atoms with van der Waals surface area (Å²) in [6, 6.07) is 8.75. The molecule has 0 aliphatic heterocycles. The zero-order valence-corrected chi connectivity index (χ0v) is 13.3. The quantitative estimate of drug-likeness (QED) is 0.884. The standard InChI is InChI=1S/C15H16N2O2S2/c1-11-5-7-12(8-6-11)21(18,19)17-16-14-3-2-4-15-13(14)9-10-20-15/h5-10,17H,2-4H2,1H3/b16-14-. The highest BCUT2D eigenvalue weighted by Gasteiger charge is 2.18. The first-order chi connectivity index (χ1) is 10.1.